The molecular weight excluding hydrogens is 347 g/mol. The number of hydrogen-bond acceptors (Lipinski definition) is 4. The van der Waals surface area contributed by atoms with Gasteiger partial charge in [0.25, 0.3) is 10.0 Å². The zero-order chi connectivity index (χ0) is 17.3. The van der Waals surface area contributed by atoms with Gasteiger partial charge < -0.3 is 9.47 Å². The van der Waals surface area contributed by atoms with E-state index in [1.165, 1.54) is 18.2 Å². The van der Waals surface area contributed by atoms with Crippen LogP contribution in [0.4, 0.5) is 18.9 Å². The highest BCUT2D eigenvalue weighted by Crippen LogP contribution is 2.33. The first-order valence-electron chi connectivity index (χ1n) is 6.94. The minimum absolute atomic E-state index is 0.0726. The van der Waals surface area contributed by atoms with Crippen LogP contribution in [-0.4, -0.2) is 21.6 Å². The van der Waals surface area contributed by atoms with E-state index in [0.29, 0.717) is 43.3 Å². The van der Waals surface area contributed by atoms with Gasteiger partial charge in [-0.1, -0.05) is 0 Å². The van der Waals surface area contributed by atoms with Crippen molar-refractivity contribution in [3.8, 4) is 11.5 Å². The minimum atomic E-state index is -4.45. The number of rotatable bonds is 3. The molecule has 0 aromatic heterocycles. The Hall–Kier alpha value is -2.42. The molecule has 0 fully saturated rings. The molecule has 1 aliphatic heterocycles. The number of fused-ring (bicyclic) bond motifs is 1. The predicted molar refractivity (Wildman–Crippen MR) is 79.2 cm³/mol. The standard InChI is InChI=1S/C15H12F3NO4S/c16-10-3-5-13(15(18)14(10)17)24(20,21)19-9-2-4-11-12(8-9)23-7-1-6-22-11/h2-5,8,19H,1,6-7H2. The third-order valence-corrected chi connectivity index (χ3v) is 4.69. The molecule has 0 bridgehead atoms. The van der Waals surface area contributed by atoms with Crippen molar-refractivity contribution in [1.29, 1.82) is 0 Å². The number of sulfonamides is 1. The van der Waals surface area contributed by atoms with Crippen LogP contribution in [0.3, 0.4) is 0 Å². The Kier molecular flexibility index (Phi) is 4.27. The van der Waals surface area contributed by atoms with Gasteiger partial charge in [-0.3, -0.25) is 4.72 Å². The average Bonchev–Trinajstić information content (AvgIpc) is 2.77. The van der Waals surface area contributed by atoms with E-state index in [9.17, 15) is 21.6 Å². The summed E-state index contributed by atoms with van der Waals surface area (Å²) in [7, 11) is -4.45. The third kappa shape index (κ3) is 3.12. The molecule has 0 radical (unpaired) electrons. The lowest BCUT2D eigenvalue weighted by Crippen LogP contribution is -2.16. The molecule has 5 nitrogen and oxygen atoms in total. The molecule has 2 aromatic rings. The first kappa shape index (κ1) is 16.4. The van der Waals surface area contributed by atoms with Gasteiger partial charge in [-0.2, -0.15) is 0 Å². The Labute approximate surface area is 136 Å². The largest absolute Gasteiger partial charge is 0.490 e. The Bertz CT molecular complexity index is 887. The van der Waals surface area contributed by atoms with E-state index in [1.807, 2.05) is 0 Å². The van der Waals surface area contributed by atoms with Gasteiger partial charge in [0.05, 0.1) is 18.9 Å². The molecule has 1 N–H and O–H groups in total. The fourth-order valence-electron chi connectivity index (χ4n) is 2.15. The number of ether oxygens (including phenoxy) is 2. The van der Waals surface area contributed by atoms with E-state index < -0.39 is 32.4 Å². The van der Waals surface area contributed by atoms with Gasteiger partial charge in [-0.05, 0) is 24.3 Å². The molecule has 24 heavy (non-hydrogen) atoms. The predicted octanol–water partition coefficient (Wildman–Crippen LogP) is 3.07. The second kappa shape index (κ2) is 6.23. The van der Waals surface area contributed by atoms with Crippen molar-refractivity contribution in [2.45, 2.75) is 11.3 Å². The molecule has 0 amide bonds. The summed E-state index contributed by atoms with van der Waals surface area (Å²) in [5, 5.41) is 0. The maximum absolute atomic E-state index is 13.7. The summed E-state index contributed by atoms with van der Waals surface area (Å²) in [6.45, 7) is 0.874. The van der Waals surface area contributed by atoms with Gasteiger partial charge in [0.15, 0.2) is 29.0 Å². The van der Waals surface area contributed by atoms with Gasteiger partial charge in [0.2, 0.25) is 0 Å². The molecule has 3 rings (SSSR count). The molecule has 0 saturated heterocycles. The fraction of sp³-hybridized carbons (Fsp3) is 0.200. The number of halogens is 3. The van der Waals surface area contributed by atoms with Crippen LogP contribution in [0.15, 0.2) is 35.2 Å². The second-order valence-electron chi connectivity index (χ2n) is 4.99. The van der Waals surface area contributed by atoms with Crippen LogP contribution in [0, 0.1) is 17.5 Å². The van der Waals surface area contributed by atoms with Crippen molar-refractivity contribution in [3.05, 3.63) is 47.8 Å². The number of benzene rings is 2. The lowest BCUT2D eigenvalue weighted by Gasteiger charge is -2.12. The summed E-state index contributed by atoms with van der Waals surface area (Å²) in [4.78, 5) is -0.992. The molecule has 2 aromatic carbocycles. The van der Waals surface area contributed by atoms with Crippen molar-refractivity contribution in [2.24, 2.45) is 0 Å². The Morgan fingerprint density at radius 1 is 0.917 bits per heavy atom. The molecule has 0 aliphatic carbocycles. The SMILES string of the molecule is O=S(=O)(Nc1ccc2c(c1)OCCCO2)c1ccc(F)c(F)c1F. The molecular formula is C15H12F3NO4S. The summed E-state index contributed by atoms with van der Waals surface area (Å²) in [6.07, 6.45) is 0.676. The normalized spacial score (nSPS) is 14.1. The van der Waals surface area contributed by atoms with Crippen LogP contribution in [-0.2, 0) is 10.0 Å². The molecule has 1 aliphatic rings. The maximum Gasteiger partial charge on any atom is 0.264 e. The van der Waals surface area contributed by atoms with Crippen molar-refractivity contribution in [2.75, 3.05) is 17.9 Å². The van der Waals surface area contributed by atoms with Crippen LogP contribution >= 0.6 is 0 Å². The quantitative estimate of drug-likeness (QED) is 0.856. The second-order valence-corrected chi connectivity index (χ2v) is 6.64. The number of nitrogens with one attached hydrogen (secondary N) is 1. The molecule has 0 spiro atoms. The number of anilines is 1. The molecule has 0 atom stereocenters. The van der Waals surface area contributed by atoms with Crippen molar-refractivity contribution >= 4 is 15.7 Å². The van der Waals surface area contributed by atoms with E-state index in [0.717, 1.165) is 0 Å². The summed E-state index contributed by atoms with van der Waals surface area (Å²) in [6, 6.07) is 5.46. The monoisotopic (exact) mass is 359 g/mol. The third-order valence-electron chi connectivity index (χ3n) is 3.29. The zero-order valence-corrected chi connectivity index (χ0v) is 13.0. The Morgan fingerprint density at radius 3 is 2.38 bits per heavy atom. The lowest BCUT2D eigenvalue weighted by molar-refractivity contribution is 0.297. The van der Waals surface area contributed by atoms with Gasteiger partial charge in [0, 0.05) is 12.5 Å². The summed E-state index contributed by atoms with van der Waals surface area (Å²) < 4.78 is 77.3. The summed E-state index contributed by atoms with van der Waals surface area (Å²) in [5.74, 6) is -4.32. The van der Waals surface area contributed by atoms with Crippen molar-refractivity contribution in [3.63, 3.8) is 0 Å². The zero-order valence-electron chi connectivity index (χ0n) is 12.2. The smallest absolute Gasteiger partial charge is 0.264 e. The topological polar surface area (TPSA) is 64.6 Å². The van der Waals surface area contributed by atoms with Crippen LogP contribution in [0.5, 0.6) is 11.5 Å². The van der Waals surface area contributed by atoms with E-state index >= 15 is 0 Å². The van der Waals surface area contributed by atoms with Gasteiger partial charge in [-0.25, -0.2) is 21.6 Å². The molecule has 0 saturated carbocycles. The molecule has 128 valence electrons. The van der Waals surface area contributed by atoms with E-state index in [2.05, 4.69) is 4.72 Å². The van der Waals surface area contributed by atoms with Crippen molar-refractivity contribution in [1.82, 2.24) is 0 Å². The van der Waals surface area contributed by atoms with Gasteiger partial charge in [0.1, 0.15) is 4.90 Å². The fourth-order valence-corrected chi connectivity index (χ4v) is 3.27. The van der Waals surface area contributed by atoms with E-state index in [4.69, 9.17) is 9.47 Å². The molecule has 0 unspecified atom stereocenters. The Morgan fingerprint density at radius 2 is 1.62 bits per heavy atom. The van der Waals surface area contributed by atoms with Crippen LogP contribution in [0.2, 0.25) is 0 Å². The van der Waals surface area contributed by atoms with Crippen LogP contribution in [0.1, 0.15) is 6.42 Å². The van der Waals surface area contributed by atoms with Crippen LogP contribution < -0.4 is 14.2 Å². The van der Waals surface area contributed by atoms with E-state index in [-0.39, 0.29) is 5.69 Å². The first-order valence-corrected chi connectivity index (χ1v) is 8.43. The minimum Gasteiger partial charge on any atom is -0.490 e. The highest BCUT2D eigenvalue weighted by atomic mass is 32.2. The van der Waals surface area contributed by atoms with Gasteiger partial charge in [-0.15, -0.1) is 0 Å². The highest BCUT2D eigenvalue weighted by molar-refractivity contribution is 7.92. The summed E-state index contributed by atoms with van der Waals surface area (Å²) in [5.41, 5.74) is 0.0726. The van der Waals surface area contributed by atoms with Gasteiger partial charge >= 0.3 is 0 Å². The molecule has 9 heteroatoms. The maximum atomic E-state index is 13.7. The van der Waals surface area contributed by atoms with E-state index in [1.54, 1.807) is 0 Å². The first-order chi connectivity index (χ1) is 11.4. The van der Waals surface area contributed by atoms with Crippen molar-refractivity contribution < 1.29 is 31.1 Å². The lowest BCUT2D eigenvalue weighted by atomic mass is 10.3. The Balaban J connectivity index is 1.93. The number of hydrogen-bond donors (Lipinski definition) is 1. The average molecular weight is 359 g/mol. The summed E-state index contributed by atoms with van der Waals surface area (Å²) >= 11 is 0. The highest BCUT2D eigenvalue weighted by Gasteiger charge is 2.24. The molecule has 1 heterocycles. The van der Waals surface area contributed by atoms with Crippen LogP contribution in [0.25, 0.3) is 0 Å².